The Bertz CT molecular complexity index is 368. The quantitative estimate of drug-likeness (QED) is 0.702. The number of hydrogen-bond acceptors (Lipinski definition) is 3. The van der Waals surface area contributed by atoms with Gasteiger partial charge in [-0.25, -0.2) is 0 Å². The summed E-state index contributed by atoms with van der Waals surface area (Å²) in [5.74, 6) is 1.11. The molecule has 0 saturated carbocycles. The first-order valence-electron chi connectivity index (χ1n) is 6.37. The Morgan fingerprint density at radius 2 is 2.12 bits per heavy atom. The molecule has 0 spiro atoms. The monoisotopic (exact) mass is 254 g/mol. The molecule has 0 bridgehead atoms. The van der Waals surface area contributed by atoms with Crippen LogP contribution in [-0.4, -0.2) is 51.4 Å². The number of rotatable bonds is 1. The average molecular weight is 254 g/mol. The third-order valence-electron chi connectivity index (χ3n) is 4.15. The van der Waals surface area contributed by atoms with E-state index in [1.807, 2.05) is 9.80 Å². The summed E-state index contributed by atoms with van der Waals surface area (Å²) in [7, 11) is 0. The average Bonchev–Trinajstić information content (AvgIpc) is 2.97. The fourth-order valence-electron chi connectivity index (χ4n) is 3.15. The van der Waals surface area contributed by atoms with Crippen LogP contribution in [0.15, 0.2) is 0 Å². The van der Waals surface area contributed by atoms with Crippen LogP contribution >= 0.6 is 11.8 Å². The Morgan fingerprint density at radius 1 is 1.41 bits per heavy atom. The number of fused-ring (bicyclic) bond motifs is 1. The topological polar surface area (TPSA) is 40.6 Å². The predicted octanol–water partition coefficient (Wildman–Crippen LogP) is 1.06. The largest absolute Gasteiger partial charge is 0.341 e. The smallest absolute Gasteiger partial charge is 0.246 e. The third kappa shape index (κ3) is 1.66. The first-order chi connectivity index (χ1) is 8.12. The maximum atomic E-state index is 12.4. The van der Waals surface area contributed by atoms with Crippen molar-refractivity contribution >= 4 is 23.6 Å². The highest BCUT2D eigenvalue weighted by Gasteiger charge is 2.53. The molecule has 0 N–H and O–H groups in total. The van der Waals surface area contributed by atoms with Crippen molar-refractivity contribution in [1.29, 1.82) is 0 Å². The van der Waals surface area contributed by atoms with Crippen LogP contribution in [0.5, 0.6) is 0 Å². The van der Waals surface area contributed by atoms with Crippen LogP contribution in [0, 0.1) is 0 Å². The van der Waals surface area contributed by atoms with E-state index in [0.29, 0.717) is 6.42 Å². The third-order valence-corrected chi connectivity index (χ3v) is 5.65. The molecule has 5 heteroatoms. The molecule has 3 aliphatic rings. The Labute approximate surface area is 106 Å². The van der Waals surface area contributed by atoms with Gasteiger partial charge in [-0.05, 0) is 26.2 Å². The van der Waals surface area contributed by atoms with Crippen LogP contribution in [0.2, 0.25) is 0 Å². The zero-order chi connectivity index (χ0) is 12.0. The van der Waals surface area contributed by atoms with Crippen LogP contribution in [0.4, 0.5) is 0 Å². The summed E-state index contributed by atoms with van der Waals surface area (Å²) in [5, 5.41) is 0. The SMILES string of the molecule is C[C@]12CCC(=O)N1[C@H](C(=O)N1CCCC1)CS2. The van der Waals surface area contributed by atoms with Crippen LogP contribution in [0.3, 0.4) is 0 Å². The molecule has 3 rings (SSSR count). The first-order valence-corrected chi connectivity index (χ1v) is 7.35. The van der Waals surface area contributed by atoms with Crippen molar-refractivity contribution in [3.05, 3.63) is 0 Å². The van der Waals surface area contributed by atoms with Gasteiger partial charge in [0.1, 0.15) is 6.04 Å². The zero-order valence-corrected chi connectivity index (χ0v) is 11.0. The number of nitrogens with zero attached hydrogens (tertiary/aromatic N) is 2. The van der Waals surface area contributed by atoms with Crippen LogP contribution in [0.1, 0.15) is 32.6 Å². The second kappa shape index (κ2) is 3.90. The van der Waals surface area contributed by atoms with E-state index in [2.05, 4.69) is 6.92 Å². The van der Waals surface area contributed by atoms with Gasteiger partial charge >= 0.3 is 0 Å². The minimum Gasteiger partial charge on any atom is -0.341 e. The van der Waals surface area contributed by atoms with E-state index in [0.717, 1.165) is 38.1 Å². The van der Waals surface area contributed by atoms with Crippen LogP contribution < -0.4 is 0 Å². The molecule has 94 valence electrons. The van der Waals surface area contributed by atoms with E-state index in [9.17, 15) is 9.59 Å². The highest BCUT2D eigenvalue weighted by molar-refractivity contribution is 8.01. The van der Waals surface area contributed by atoms with Crippen molar-refractivity contribution in [2.75, 3.05) is 18.8 Å². The highest BCUT2D eigenvalue weighted by atomic mass is 32.2. The Kier molecular flexibility index (Phi) is 2.61. The van der Waals surface area contributed by atoms with Crippen LogP contribution in [-0.2, 0) is 9.59 Å². The zero-order valence-electron chi connectivity index (χ0n) is 10.1. The van der Waals surface area contributed by atoms with Gasteiger partial charge in [0.25, 0.3) is 0 Å². The lowest BCUT2D eigenvalue weighted by Crippen LogP contribution is -2.50. The number of carbonyl (C=O) groups is 2. The van der Waals surface area contributed by atoms with E-state index < -0.39 is 0 Å². The minimum absolute atomic E-state index is 0.114. The fraction of sp³-hybridized carbons (Fsp3) is 0.833. The van der Waals surface area contributed by atoms with Gasteiger partial charge in [0.2, 0.25) is 11.8 Å². The molecule has 3 heterocycles. The molecule has 0 radical (unpaired) electrons. The Morgan fingerprint density at radius 3 is 2.82 bits per heavy atom. The molecular weight excluding hydrogens is 236 g/mol. The van der Waals surface area contributed by atoms with Gasteiger partial charge in [0, 0.05) is 25.3 Å². The Balaban J connectivity index is 1.80. The predicted molar refractivity (Wildman–Crippen MR) is 66.5 cm³/mol. The van der Waals surface area contributed by atoms with E-state index in [4.69, 9.17) is 0 Å². The van der Waals surface area contributed by atoms with Gasteiger partial charge in [0.05, 0.1) is 4.87 Å². The van der Waals surface area contributed by atoms with E-state index in [1.165, 1.54) is 0 Å². The molecule has 0 unspecified atom stereocenters. The maximum Gasteiger partial charge on any atom is 0.246 e. The van der Waals surface area contributed by atoms with Crippen LogP contribution in [0.25, 0.3) is 0 Å². The molecule has 3 saturated heterocycles. The number of thioether (sulfide) groups is 1. The molecule has 3 fully saturated rings. The van der Waals surface area contributed by atoms with Crippen molar-refractivity contribution in [1.82, 2.24) is 9.80 Å². The standard InChI is InChI=1S/C12H18N2O2S/c1-12-5-4-10(15)14(12)9(8-17-12)11(16)13-6-2-3-7-13/h9H,2-8H2,1H3/t9-,12-/m0/s1. The van der Waals surface area contributed by atoms with E-state index >= 15 is 0 Å². The van der Waals surface area contributed by atoms with Crippen molar-refractivity contribution in [2.24, 2.45) is 0 Å². The molecule has 0 aliphatic carbocycles. The van der Waals surface area contributed by atoms with Crippen molar-refractivity contribution in [3.8, 4) is 0 Å². The number of amides is 2. The molecule has 0 aromatic heterocycles. The normalized spacial score (nSPS) is 36.8. The molecule has 4 nitrogen and oxygen atoms in total. The van der Waals surface area contributed by atoms with Gasteiger partial charge in [-0.1, -0.05) is 0 Å². The van der Waals surface area contributed by atoms with Crippen molar-refractivity contribution < 1.29 is 9.59 Å². The summed E-state index contributed by atoms with van der Waals surface area (Å²) in [6.45, 7) is 3.84. The molecule has 17 heavy (non-hydrogen) atoms. The second-order valence-corrected chi connectivity index (χ2v) is 6.80. The molecule has 0 aromatic carbocycles. The lowest BCUT2D eigenvalue weighted by atomic mass is 10.2. The highest BCUT2D eigenvalue weighted by Crippen LogP contribution is 2.47. The van der Waals surface area contributed by atoms with Crippen molar-refractivity contribution in [3.63, 3.8) is 0 Å². The van der Waals surface area contributed by atoms with Gasteiger partial charge in [-0.3, -0.25) is 9.59 Å². The molecular formula is C12H18N2O2S. The summed E-state index contributed by atoms with van der Waals surface area (Å²) in [6.07, 6.45) is 3.71. The maximum absolute atomic E-state index is 12.4. The summed E-state index contributed by atoms with van der Waals surface area (Å²) in [4.78, 5) is 28.0. The summed E-state index contributed by atoms with van der Waals surface area (Å²) >= 11 is 1.77. The lowest BCUT2D eigenvalue weighted by Gasteiger charge is -2.31. The second-order valence-electron chi connectivity index (χ2n) is 5.30. The summed E-state index contributed by atoms with van der Waals surface area (Å²) in [5.41, 5.74) is 0. The van der Waals surface area contributed by atoms with Gasteiger partial charge in [-0.2, -0.15) is 0 Å². The van der Waals surface area contributed by atoms with Gasteiger partial charge < -0.3 is 9.80 Å². The van der Waals surface area contributed by atoms with Crippen molar-refractivity contribution in [2.45, 2.75) is 43.5 Å². The molecule has 3 aliphatic heterocycles. The molecule has 2 amide bonds. The van der Waals surface area contributed by atoms with Gasteiger partial charge in [-0.15, -0.1) is 11.8 Å². The number of carbonyl (C=O) groups excluding carboxylic acids is 2. The minimum atomic E-state index is -0.196. The summed E-state index contributed by atoms with van der Waals surface area (Å²) in [6, 6.07) is -0.196. The van der Waals surface area contributed by atoms with E-state index in [-0.39, 0.29) is 22.7 Å². The number of likely N-dealkylation sites (tertiary alicyclic amines) is 1. The fourth-order valence-corrected chi connectivity index (χ4v) is 4.57. The Hall–Kier alpha value is -0.710. The van der Waals surface area contributed by atoms with E-state index in [1.54, 1.807) is 11.8 Å². The molecule has 2 atom stereocenters. The molecule has 0 aromatic rings. The first kappa shape index (κ1) is 11.4. The lowest BCUT2D eigenvalue weighted by molar-refractivity contribution is -0.143. The summed E-state index contributed by atoms with van der Waals surface area (Å²) < 4.78 is 0. The number of hydrogen-bond donors (Lipinski definition) is 0. The van der Waals surface area contributed by atoms with Gasteiger partial charge in [0.15, 0.2) is 0 Å².